The monoisotopic (exact) mass is 291 g/mol. The highest BCUT2D eigenvalue weighted by atomic mass is 16.5. The van der Waals surface area contributed by atoms with Crippen molar-refractivity contribution in [2.45, 2.75) is 19.8 Å². The third kappa shape index (κ3) is 4.11. The summed E-state index contributed by atoms with van der Waals surface area (Å²) in [5.41, 5.74) is 6.58. The molecule has 5 nitrogen and oxygen atoms in total. The Hall–Kier alpha value is -1.75. The van der Waals surface area contributed by atoms with Crippen LogP contribution < -0.4 is 15.4 Å². The summed E-state index contributed by atoms with van der Waals surface area (Å²) in [4.78, 5) is 16.2. The molecule has 1 saturated heterocycles. The minimum absolute atomic E-state index is 0.221. The molecule has 1 heterocycles. The number of rotatable bonds is 6. The van der Waals surface area contributed by atoms with Crippen LogP contribution in [0.2, 0.25) is 0 Å². The zero-order chi connectivity index (χ0) is 15.1. The summed E-state index contributed by atoms with van der Waals surface area (Å²) in [6.45, 7) is 6.46. The number of nitrogens with two attached hydrogens (primary N) is 1. The van der Waals surface area contributed by atoms with E-state index >= 15 is 0 Å². The van der Waals surface area contributed by atoms with E-state index in [1.807, 2.05) is 30.0 Å². The number of benzene rings is 1. The Bertz CT molecular complexity index is 457. The third-order valence-electron chi connectivity index (χ3n) is 3.73. The fourth-order valence-electron chi connectivity index (χ4n) is 2.60. The van der Waals surface area contributed by atoms with Crippen molar-refractivity contribution in [2.24, 2.45) is 5.73 Å². The molecule has 0 aromatic heterocycles. The van der Waals surface area contributed by atoms with Crippen molar-refractivity contribution >= 4 is 11.6 Å². The maximum absolute atomic E-state index is 12.0. The van der Waals surface area contributed by atoms with Crippen LogP contribution in [0.4, 0.5) is 5.69 Å². The fraction of sp³-hybridized carbons (Fsp3) is 0.562. The Kier molecular flexibility index (Phi) is 5.87. The molecule has 1 fully saturated rings. The molecule has 1 aliphatic rings. The van der Waals surface area contributed by atoms with E-state index in [0.29, 0.717) is 19.6 Å². The summed E-state index contributed by atoms with van der Waals surface area (Å²) in [5.74, 6) is 1.14. The van der Waals surface area contributed by atoms with Gasteiger partial charge in [0, 0.05) is 32.6 Å². The molecule has 2 rings (SSSR count). The molecular weight excluding hydrogens is 266 g/mol. The van der Waals surface area contributed by atoms with E-state index in [-0.39, 0.29) is 5.91 Å². The van der Waals surface area contributed by atoms with Gasteiger partial charge in [0.25, 0.3) is 0 Å². The summed E-state index contributed by atoms with van der Waals surface area (Å²) >= 11 is 0. The van der Waals surface area contributed by atoms with Gasteiger partial charge >= 0.3 is 0 Å². The smallest absolute Gasteiger partial charge is 0.222 e. The first kappa shape index (κ1) is 15.6. The van der Waals surface area contributed by atoms with Crippen molar-refractivity contribution in [1.29, 1.82) is 0 Å². The maximum Gasteiger partial charge on any atom is 0.222 e. The molecule has 1 aromatic carbocycles. The van der Waals surface area contributed by atoms with Gasteiger partial charge in [0.1, 0.15) is 5.75 Å². The second-order valence-corrected chi connectivity index (χ2v) is 5.16. The van der Waals surface area contributed by atoms with Gasteiger partial charge in [-0.3, -0.25) is 4.79 Å². The average molecular weight is 291 g/mol. The number of anilines is 1. The van der Waals surface area contributed by atoms with E-state index in [1.165, 1.54) is 0 Å². The highest BCUT2D eigenvalue weighted by molar-refractivity contribution is 5.76. The molecule has 0 bridgehead atoms. The Morgan fingerprint density at radius 1 is 1.24 bits per heavy atom. The molecule has 0 atom stereocenters. The van der Waals surface area contributed by atoms with Crippen molar-refractivity contribution in [1.82, 2.24) is 4.90 Å². The lowest BCUT2D eigenvalue weighted by atomic mass is 10.2. The van der Waals surface area contributed by atoms with Crippen LogP contribution in [0, 0.1) is 0 Å². The normalized spacial score (nSPS) is 15.1. The summed E-state index contributed by atoms with van der Waals surface area (Å²) in [7, 11) is 0. The molecular formula is C16H25N3O2. The Morgan fingerprint density at radius 2 is 1.95 bits per heavy atom. The predicted octanol–water partition coefficient (Wildman–Crippen LogP) is 1.47. The lowest BCUT2D eigenvalue weighted by molar-refractivity contribution is -0.131. The van der Waals surface area contributed by atoms with E-state index in [4.69, 9.17) is 10.5 Å². The van der Waals surface area contributed by atoms with Crippen molar-refractivity contribution in [3.8, 4) is 5.75 Å². The molecule has 1 aliphatic heterocycles. The molecule has 0 unspecified atom stereocenters. The van der Waals surface area contributed by atoms with Gasteiger partial charge < -0.3 is 20.3 Å². The van der Waals surface area contributed by atoms with Gasteiger partial charge in [0.15, 0.2) is 0 Å². The molecule has 1 aromatic rings. The molecule has 0 spiro atoms. The number of carbonyl (C=O) groups is 1. The number of amides is 1. The molecule has 0 saturated carbocycles. The zero-order valence-electron chi connectivity index (χ0n) is 12.8. The molecule has 21 heavy (non-hydrogen) atoms. The molecule has 5 heteroatoms. The maximum atomic E-state index is 12.0. The van der Waals surface area contributed by atoms with E-state index in [2.05, 4.69) is 11.0 Å². The number of ether oxygens (including phenoxy) is 1. The van der Waals surface area contributed by atoms with E-state index in [9.17, 15) is 4.79 Å². The first-order chi connectivity index (χ1) is 10.3. The highest BCUT2D eigenvalue weighted by Crippen LogP contribution is 2.28. The summed E-state index contributed by atoms with van der Waals surface area (Å²) in [6, 6.07) is 8.09. The topological polar surface area (TPSA) is 58.8 Å². The molecule has 2 N–H and O–H groups in total. The molecule has 0 aliphatic carbocycles. The molecule has 0 radical (unpaired) electrons. The molecule has 116 valence electrons. The minimum atomic E-state index is 0.221. The van der Waals surface area contributed by atoms with Gasteiger partial charge in [-0.05, 0) is 32.0 Å². The zero-order valence-corrected chi connectivity index (χ0v) is 12.8. The number of nitrogens with zero attached hydrogens (tertiary/aromatic N) is 2. The first-order valence-corrected chi connectivity index (χ1v) is 7.71. The molecule has 1 amide bonds. The van der Waals surface area contributed by atoms with Gasteiger partial charge in [0.2, 0.25) is 5.91 Å². The van der Waals surface area contributed by atoms with Crippen LogP contribution in [-0.4, -0.2) is 50.1 Å². The van der Waals surface area contributed by atoms with Gasteiger partial charge in [-0.15, -0.1) is 0 Å². The van der Waals surface area contributed by atoms with Crippen LogP contribution in [0.5, 0.6) is 5.75 Å². The predicted molar refractivity (Wildman–Crippen MR) is 84.7 cm³/mol. The second-order valence-electron chi connectivity index (χ2n) is 5.16. The van der Waals surface area contributed by atoms with Gasteiger partial charge in [0.05, 0.1) is 12.3 Å². The van der Waals surface area contributed by atoms with E-state index in [1.54, 1.807) is 0 Å². The van der Waals surface area contributed by atoms with E-state index in [0.717, 1.165) is 44.0 Å². The summed E-state index contributed by atoms with van der Waals surface area (Å²) < 4.78 is 5.68. The SMILES string of the molecule is CCOc1ccccc1N1CCN(C(=O)CCCN)CC1. The third-order valence-corrected chi connectivity index (χ3v) is 3.73. The van der Waals surface area contributed by atoms with Gasteiger partial charge in [-0.25, -0.2) is 0 Å². The van der Waals surface area contributed by atoms with Crippen LogP contribution in [0.15, 0.2) is 24.3 Å². The quantitative estimate of drug-likeness (QED) is 0.862. The van der Waals surface area contributed by atoms with Gasteiger partial charge in [-0.1, -0.05) is 12.1 Å². The first-order valence-electron chi connectivity index (χ1n) is 7.71. The average Bonchev–Trinajstić information content (AvgIpc) is 2.53. The van der Waals surface area contributed by atoms with E-state index < -0.39 is 0 Å². The highest BCUT2D eigenvalue weighted by Gasteiger charge is 2.22. The Morgan fingerprint density at radius 3 is 2.62 bits per heavy atom. The summed E-state index contributed by atoms with van der Waals surface area (Å²) in [5, 5.41) is 0. The Balaban J connectivity index is 1.93. The lowest BCUT2D eigenvalue weighted by Gasteiger charge is -2.36. The van der Waals surface area contributed by atoms with Crippen LogP contribution in [-0.2, 0) is 4.79 Å². The number of piperazine rings is 1. The van der Waals surface area contributed by atoms with Crippen molar-refractivity contribution in [3.63, 3.8) is 0 Å². The van der Waals surface area contributed by atoms with Crippen LogP contribution in [0.25, 0.3) is 0 Å². The standard InChI is InChI=1S/C16H25N3O2/c1-2-21-15-7-4-3-6-14(15)18-10-12-19(13-11-18)16(20)8-5-9-17/h3-4,6-7H,2,5,8-13,17H2,1H3. The van der Waals surface area contributed by atoms with Crippen LogP contribution in [0.1, 0.15) is 19.8 Å². The van der Waals surface area contributed by atoms with Crippen molar-refractivity contribution in [3.05, 3.63) is 24.3 Å². The number of para-hydroxylation sites is 2. The number of carbonyl (C=O) groups excluding carboxylic acids is 1. The second kappa shape index (κ2) is 7.88. The van der Waals surface area contributed by atoms with Crippen molar-refractivity contribution in [2.75, 3.05) is 44.2 Å². The van der Waals surface area contributed by atoms with Gasteiger partial charge in [-0.2, -0.15) is 0 Å². The van der Waals surface area contributed by atoms with Crippen LogP contribution in [0.3, 0.4) is 0 Å². The van der Waals surface area contributed by atoms with Crippen molar-refractivity contribution < 1.29 is 9.53 Å². The lowest BCUT2D eigenvalue weighted by Crippen LogP contribution is -2.48. The fourth-order valence-corrected chi connectivity index (χ4v) is 2.60. The Labute approximate surface area is 126 Å². The number of hydrogen-bond donors (Lipinski definition) is 1. The van der Waals surface area contributed by atoms with Crippen LogP contribution >= 0.6 is 0 Å². The largest absolute Gasteiger partial charge is 0.492 e. The minimum Gasteiger partial charge on any atom is -0.492 e. The number of hydrogen-bond acceptors (Lipinski definition) is 4. The summed E-state index contributed by atoms with van der Waals surface area (Å²) in [6.07, 6.45) is 1.33.